The van der Waals surface area contributed by atoms with Crippen LogP contribution in [0.5, 0.6) is 0 Å². The summed E-state index contributed by atoms with van der Waals surface area (Å²) in [6.07, 6.45) is 1.73. The molecule has 5 heteroatoms. The van der Waals surface area contributed by atoms with Crippen molar-refractivity contribution in [1.82, 2.24) is 14.8 Å². The molecule has 1 N–H and O–H groups in total. The van der Waals surface area contributed by atoms with Gasteiger partial charge < -0.3 is 5.32 Å². The number of aromatic nitrogens is 3. The molecule has 0 saturated heterocycles. The Morgan fingerprint density at radius 1 is 1.15 bits per heavy atom. The highest BCUT2D eigenvalue weighted by Gasteiger charge is 2.19. The average Bonchev–Trinajstić information content (AvgIpc) is 2.99. The van der Waals surface area contributed by atoms with E-state index in [1.165, 1.54) is 0 Å². The standard InChI is InChI=1S/C21H26N4O/c1-12(2)16-9-7-8-14(5)19(16)24-21(26)17-10-15(6)23-20-18(17)11-22-25(20)13(3)4/h7-13H,1-6H3,(H,24,26). The second-order valence-corrected chi connectivity index (χ2v) is 7.38. The number of anilines is 1. The van der Waals surface area contributed by atoms with Crippen molar-refractivity contribution in [2.75, 3.05) is 5.32 Å². The topological polar surface area (TPSA) is 59.8 Å². The highest BCUT2D eigenvalue weighted by atomic mass is 16.1. The molecule has 2 aromatic heterocycles. The Morgan fingerprint density at radius 3 is 2.54 bits per heavy atom. The van der Waals surface area contributed by atoms with Crippen molar-refractivity contribution in [3.05, 3.63) is 52.8 Å². The Labute approximate surface area is 154 Å². The minimum absolute atomic E-state index is 0.125. The molecule has 0 bridgehead atoms. The molecule has 3 aromatic rings. The molecule has 136 valence electrons. The van der Waals surface area contributed by atoms with Gasteiger partial charge in [0.25, 0.3) is 5.91 Å². The van der Waals surface area contributed by atoms with Gasteiger partial charge in [0.1, 0.15) is 0 Å². The van der Waals surface area contributed by atoms with Gasteiger partial charge in [-0.2, -0.15) is 5.10 Å². The molecule has 0 spiro atoms. The van der Waals surface area contributed by atoms with Crippen LogP contribution in [0.25, 0.3) is 11.0 Å². The van der Waals surface area contributed by atoms with E-state index in [-0.39, 0.29) is 11.9 Å². The van der Waals surface area contributed by atoms with Gasteiger partial charge in [-0.05, 0) is 50.8 Å². The maximum absolute atomic E-state index is 13.1. The first-order chi connectivity index (χ1) is 12.3. The Hall–Kier alpha value is -2.69. The lowest BCUT2D eigenvalue weighted by molar-refractivity contribution is 0.102. The van der Waals surface area contributed by atoms with Gasteiger partial charge in [0.05, 0.1) is 17.1 Å². The molecule has 26 heavy (non-hydrogen) atoms. The molecule has 0 aliphatic rings. The van der Waals surface area contributed by atoms with Crippen molar-refractivity contribution < 1.29 is 4.79 Å². The molecule has 0 atom stereocenters. The van der Waals surface area contributed by atoms with E-state index in [1.807, 2.05) is 36.7 Å². The molecular formula is C21H26N4O. The number of amides is 1. The molecule has 0 aliphatic heterocycles. The lowest BCUT2D eigenvalue weighted by atomic mass is 9.98. The molecule has 3 rings (SSSR count). The van der Waals surface area contributed by atoms with Gasteiger partial charge in [0, 0.05) is 17.4 Å². The summed E-state index contributed by atoms with van der Waals surface area (Å²) in [6, 6.07) is 8.13. The molecule has 1 amide bonds. The molecule has 0 unspecified atom stereocenters. The van der Waals surface area contributed by atoms with Crippen LogP contribution in [0.4, 0.5) is 5.69 Å². The van der Waals surface area contributed by atoms with Crippen LogP contribution in [0.3, 0.4) is 0 Å². The first kappa shape index (κ1) is 18.1. The molecule has 0 radical (unpaired) electrons. The zero-order valence-corrected chi connectivity index (χ0v) is 16.3. The van der Waals surface area contributed by atoms with Crippen LogP contribution < -0.4 is 5.32 Å². The summed E-state index contributed by atoms with van der Waals surface area (Å²) in [7, 11) is 0. The van der Waals surface area contributed by atoms with Gasteiger partial charge >= 0.3 is 0 Å². The molecule has 2 heterocycles. The number of nitrogens with one attached hydrogen (secondary N) is 1. The maximum Gasteiger partial charge on any atom is 0.256 e. The summed E-state index contributed by atoms with van der Waals surface area (Å²) in [6.45, 7) is 12.3. The summed E-state index contributed by atoms with van der Waals surface area (Å²) in [4.78, 5) is 17.7. The van der Waals surface area contributed by atoms with Crippen LogP contribution in [0.2, 0.25) is 0 Å². The Morgan fingerprint density at radius 2 is 1.88 bits per heavy atom. The van der Waals surface area contributed by atoms with Gasteiger partial charge in [0.15, 0.2) is 5.65 Å². The van der Waals surface area contributed by atoms with Crippen molar-refractivity contribution >= 4 is 22.6 Å². The second kappa shape index (κ2) is 6.90. The lowest BCUT2D eigenvalue weighted by Gasteiger charge is -2.17. The smallest absolute Gasteiger partial charge is 0.256 e. The number of pyridine rings is 1. The van der Waals surface area contributed by atoms with E-state index in [4.69, 9.17) is 0 Å². The lowest BCUT2D eigenvalue weighted by Crippen LogP contribution is -2.16. The minimum Gasteiger partial charge on any atom is -0.321 e. The van der Waals surface area contributed by atoms with E-state index in [0.29, 0.717) is 11.5 Å². The molecular weight excluding hydrogens is 324 g/mol. The van der Waals surface area contributed by atoms with E-state index in [9.17, 15) is 4.79 Å². The predicted octanol–water partition coefficient (Wildman–Crippen LogP) is 5.00. The maximum atomic E-state index is 13.1. The molecule has 0 aliphatic carbocycles. The molecule has 0 saturated carbocycles. The van der Waals surface area contributed by atoms with Crippen LogP contribution in [0.15, 0.2) is 30.5 Å². The van der Waals surface area contributed by atoms with Crippen molar-refractivity contribution in [2.45, 2.75) is 53.5 Å². The third-order valence-corrected chi connectivity index (χ3v) is 4.59. The number of carbonyl (C=O) groups excluding carboxylic acids is 1. The molecule has 5 nitrogen and oxygen atoms in total. The highest BCUT2D eigenvalue weighted by Crippen LogP contribution is 2.29. The molecule has 0 fully saturated rings. The number of nitrogens with zero attached hydrogens (tertiary/aromatic N) is 3. The number of hydrogen-bond acceptors (Lipinski definition) is 3. The number of carbonyl (C=O) groups is 1. The van der Waals surface area contributed by atoms with Crippen LogP contribution in [0.1, 0.15) is 66.8 Å². The number of rotatable bonds is 4. The summed E-state index contributed by atoms with van der Waals surface area (Å²) >= 11 is 0. The largest absolute Gasteiger partial charge is 0.321 e. The van der Waals surface area contributed by atoms with E-state index in [2.05, 4.69) is 49.2 Å². The zero-order chi connectivity index (χ0) is 19.0. The minimum atomic E-state index is -0.125. The number of hydrogen-bond donors (Lipinski definition) is 1. The number of benzene rings is 1. The van der Waals surface area contributed by atoms with Crippen molar-refractivity contribution in [3.63, 3.8) is 0 Å². The van der Waals surface area contributed by atoms with Crippen molar-refractivity contribution in [2.24, 2.45) is 0 Å². The van der Waals surface area contributed by atoms with Gasteiger partial charge in [-0.3, -0.25) is 4.79 Å². The average molecular weight is 350 g/mol. The summed E-state index contributed by atoms with van der Waals surface area (Å²) in [5, 5.41) is 8.33. The second-order valence-electron chi connectivity index (χ2n) is 7.38. The van der Waals surface area contributed by atoms with Gasteiger partial charge in [-0.1, -0.05) is 32.0 Å². The van der Waals surface area contributed by atoms with Crippen molar-refractivity contribution in [3.8, 4) is 0 Å². The van der Waals surface area contributed by atoms with Crippen LogP contribution in [-0.2, 0) is 0 Å². The Balaban J connectivity index is 2.07. The first-order valence-electron chi connectivity index (χ1n) is 9.05. The fraction of sp³-hybridized carbons (Fsp3) is 0.381. The number of para-hydroxylation sites is 1. The summed E-state index contributed by atoms with van der Waals surface area (Å²) < 4.78 is 1.85. The van der Waals surface area contributed by atoms with Crippen LogP contribution >= 0.6 is 0 Å². The van der Waals surface area contributed by atoms with Gasteiger partial charge in [-0.25, -0.2) is 9.67 Å². The van der Waals surface area contributed by atoms with E-state index >= 15 is 0 Å². The summed E-state index contributed by atoms with van der Waals surface area (Å²) in [5.74, 6) is 0.202. The summed E-state index contributed by atoms with van der Waals surface area (Å²) in [5.41, 5.74) is 5.25. The fourth-order valence-electron chi connectivity index (χ4n) is 3.23. The highest BCUT2D eigenvalue weighted by molar-refractivity contribution is 6.12. The Bertz CT molecular complexity index is 970. The third-order valence-electron chi connectivity index (χ3n) is 4.59. The van der Waals surface area contributed by atoms with Crippen LogP contribution in [-0.4, -0.2) is 20.7 Å². The predicted molar refractivity (Wildman–Crippen MR) is 106 cm³/mol. The van der Waals surface area contributed by atoms with E-state index in [1.54, 1.807) is 6.20 Å². The monoisotopic (exact) mass is 350 g/mol. The van der Waals surface area contributed by atoms with Crippen molar-refractivity contribution in [1.29, 1.82) is 0 Å². The Kier molecular flexibility index (Phi) is 4.81. The van der Waals surface area contributed by atoms with E-state index < -0.39 is 0 Å². The zero-order valence-electron chi connectivity index (χ0n) is 16.3. The quantitative estimate of drug-likeness (QED) is 0.720. The van der Waals surface area contributed by atoms with E-state index in [0.717, 1.165) is 33.5 Å². The van der Waals surface area contributed by atoms with Gasteiger partial charge in [-0.15, -0.1) is 0 Å². The fourth-order valence-corrected chi connectivity index (χ4v) is 3.23. The van der Waals surface area contributed by atoms with Gasteiger partial charge in [0.2, 0.25) is 0 Å². The first-order valence-corrected chi connectivity index (χ1v) is 9.05. The third kappa shape index (κ3) is 3.21. The number of fused-ring (bicyclic) bond motifs is 1. The normalized spacial score (nSPS) is 11.5. The number of aryl methyl sites for hydroxylation is 2. The van der Waals surface area contributed by atoms with Crippen LogP contribution in [0, 0.1) is 13.8 Å². The molecule has 1 aromatic carbocycles. The SMILES string of the molecule is Cc1cc(C(=O)Nc2c(C)cccc2C(C)C)c2cnn(C(C)C)c2n1.